The van der Waals surface area contributed by atoms with E-state index < -0.39 is 0 Å². The minimum absolute atomic E-state index is 0.172. The molecule has 0 bridgehead atoms. The Balaban J connectivity index is 2.57. The molecule has 0 spiro atoms. The third-order valence-electron chi connectivity index (χ3n) is 2.81. The lowest BCUT2D eigenvalue weighted by atomic mass is 10.0. The number of allylic oxidation sites excluding steroid dienone is 1. The summed E-state index contributed by atoms with van der Waals surface area (Å²) < 4.78 is 0. The average Bonchev–Trinajstić information content (AvgIpc) is 2.35. The zero-order chi connectivity index (χ0) is 12.3. The molecule has 0 radical (unpaired) electrons. The van der Waals surface area contributed by atoms with Gasteiger partial charge in [-0.25, -0.2) is 0 Å². The first-order valence-electron chi connectivity index (χ1n) is 5.88. The van der Waals surface area contributed by atoms with Gasteiger partial charge >= 0.3 is 0 Å². The van der Waals surface area contributed by atoms with E-state index in [1.165, 1.54) is 16.3 Å². The van der Waals surface area contributed by atoms with Gasteiger partial charge in [0.1, 0.15) is 0 Å². The Labute approximate surface area is 102 Å². The number of likely N-dealkylation sites (N-methyl/N-ethyl adjacent to an activating group) is 1. The van der Waals surface area contributed by atoms with Crippen LogP contribution in [0.3, 0.4) is 0 Å². The highest BCUT2D eigenvalue weighted by Crippen LogP contribution is 2.23. The standard InChI is InChI=1S/C15H18N2/c1-11(2)10-14(16-3)15-13-7-5-4-6-12(13)8-9-17-15/h4-10,14,16H,1-3H3. The number of nitrogens with zero attached hydrogens (tertiary/aromatic N) is 1. The highest BCUT2D eigenvalue weighted by atomic mass is 14.9. The molecule has 0 aliphatic rings. The second kappa shape index (κ2) is 5.11. The van der Waals surface area contributed by atoms with Crippen molar-refractivity contribution in [1.29, 1.82) is 0 Å². The first-order chi connectivity index (χ1) is 8.22. The zero-order valence-corrected chi connectivity index (χ0v) is 10.6. The van der Waals surface area contributed by atoms with E-state index in [4.69, 9.17) is 0 Å². The van der Waals surface area contributed by atoms with Crippen molar-refractivity contribution in [2.45, 2.75) is 19.9 Å². The van der Waals surface area contributed by atoms with Crippen molar-refractivity contribution in [2.75, 3.05) is 7.05 Å². The molecule has 17 heavy (non-hydrogen) atoms. The van der Waals surface area contributed by atoms with E-state index in [1.807, 2.05) is 19.3 Å². The molecule has 0 saturated carbocycles. The topological polar surface area (TPSA) is 24.9 Å². The maximum absolute atomic E-state index is 4.52. The summed E-state index contributed by atoms with van der Waals surface area (Å²) in [5, 5.41) is 5.75. The fourth-order valence-electron chi connectivity index (χ4n) is 2.02. The Morgan fingerprint density at radius 3 is 2.71 bits per heavy atom. The summed E-state index contributed by atoms with van der Waals surface area (Å²) in [5.41, 5.74) is 2.38. The van der Waals surface area contributed by atoms with Gasteiger partial charge in [0.05, 0.1) is 11.7 Å². The molecule has 0 aliphatic carbocycles. The summed E-state index contributed by atoms with van der Waals surface area (Å²) in [6, 6.07) is 10.6. The number of pyridine rings is 1. The highest BCUT2D eigenvalue weighted by molar-refractivity contribution is 5.84. The van der Waals surface area contributed by atoms with Crippen LogP contribution >= 0.6 is 0 Å². The first-order valence-corrected chi connectivity index (χ1v) is 5.88. The smallest absolute Gasteiger partial charge is 0.0690 e. The van der Waals surface area contributed by atoms with E-state index >= 15 is 0 Å². The van der Waals surface area contributed by atoms with E-state index in [2.05, 4.69) is 54.5 Å². The van der Waals surface area contributed by atoms with E-state index in [-0.39, 0.29) is 6.04 Å². The monoisotopic (exact) mass is 226 g/mol. The van der Waals surface area contributed by atoms with Crippen LogP contribution in [0.1, 0.15) is 25.6 Å². The molecule has 2 aromatic rings. The normalized spacial score (nSPS) is 12.4. The van der Waals surface area contributed by atoms with E-state index in [1.54, 1.807) is 0 Å². The number of nitrogens with one attached hydrogen (secondary N) is 1. The lowest BCUT2D eigenvalue weighted by Crippen LogP contribution is -2.16. The molecule has 1 aromatic heterocycles. The van der Waals surface area contributed by atoms with Crippen LogP contribution in [-0.2, 0) is 0 Å². The predicted octanol–water partition coefficient (Wildman–Crippen LogP) is 3.46. The number of rotatable bonds is 3. The van der Waals surface area contributed by atoms with Crippen molar-refractivity contribution in [2.24, 2.45) is 0 Å². The van der Waals surface area contributed by atoms with Crippen LogP contribution in [0.2, 0.25) is 0 Å². The highest BCUT2D eigenvalue weighted by Gasteiger charge is 2.10. The summed E-state index contributed by atoms with van der Waals surface area (Å²) in [4.78, 5) is 4.52. The molecule has 2 heteroatoms. The molecule has 1 atom stereocenters. The Bertz CT molecular complexity index is 534. The van der Waals surface area contributed by atoms with Crippen LogP contribution in [0.5, 0.6) is 0 Å². The minimum Gasteiger partial charge on any atom is -0.309 e. The lowest BCUT2D eigenvalue weighted by molar-refractivity contribution is 0.694. The van der Waals surface area contributed by atoms with E-state index in [0.717, 1.165) is 5.69 Å². The molecular weight excluding hydrogens is 208 g/mol. The Hall–Kier alpha value is -1.67. The Kier molecular flexibility index (Phi) is 3.55. The molecule has 1 unspecified atom stereocenters. The van der Waals surface area contributed by atoms with Crippen LogP contribution in [0.25, 0.3) is 10.8 Å². The van der Waals surface area contributed by atoms with Gasteiger partial charge in [-0.15, -0.1) is 0 Å². The third-order valence-corrected chi connectivity index (χ3v) is 2.81. The van der Waals surface area contributed by atoms with E-state index in [0.29, 0.717) is 0 Å². The van der Waals surface area contributed by atoms with Crippen molar-refractivity contribution in [3.63, 3.8) is 0 Å². The van der Waals surface area contributed by atoms with Gasteiger partial charge in [0.15, 0.2) is 0 Å². The molecule has 0 fully saturated rings. The molecule has 0 saturated heterocycles. The summed E-state index contributed by atoms with van der Waals surface area (Å²) in [7, 11) is 1.97. The second-order valence-corrected chi connectivity index (χ2v) is 4.43. The number of aromatic nitrogens is 1. The third kappa shape index (κ3) is 2.53. The average molecular weight is 226 g/mol. The van der Waals surface area contributed by atoms with Crippen molar-refractivity contribution >= 4 is 10.8 Å². The molecule has 88 valence electrons. The molecule has 1 N–H and O–H groups in total. The van der Waals surface area contributed by atoms with Crippen LogP contribution in [-0.4, -0.2) is 12.0 Å². The zero-order valence-electron chi connectivity index (χ0n) is 10.6. The molecule has 0 amide bonds. The maximum atomic E-state index is 4.52. The summed E-state index contributed by atoms with van der Waals surface area (Å²) in [6.07, 6.45) is 4.08. The van der Waals surface area contributed by atoms with Crippen LogP contribution in [0.15, 0.2) is 48.2 Å². The summed E-state index contributed by atoms with van der Waals surface area (Å²) in [5.74, 6) is 0. The van der Waals surface area contributed by atoms with Gasteiger partial charge in [0.25, 0.3) is 0 Å². The molecule has 2 rings (SSSR count). The van der Waals surface area contributed by atoms with Crippen molar-refractivity contribution in [3.8, 4) is 0 Å². The van der Waals surface area contributed by atoms with Gasteiger partial charge in [-0.3, -0.25) is 4.98 Å². The van der Waals surface area contributed by atoms with Crippen molar-refractivity contribution in [1.82, 2.24) is 10.3 Å². The maximum Gasteiger partial charge on any atom is 0.0690 e. The minimum atomic E-state index is 0.172. The lowest BCUT2D eigenvalue weighted by Gasteiger charge is -2.14. The second-order valence-electron chi connectivity index (χ2n) is 4.43. The van der Waals surface area contributed by atoms with Crippen molar-refractivity contribution < 1.29 is 0 Å². The van der Waals surface area contributed by atoms with E-state index in [9.17, 15) is 0 Å². The van der Waals surface area contributed by atoms with Gasteiger partial charge in [-0.1, -0.05) is 35.9 Å². The number of hydrogen-bond donors (Lipinski definition) is 1. The Morgan fingerprint density at radius 1 is 1.24 bits per heavy atom. The Morgan fingerprint density at radius 2 is 2.00 bits per heavy atom. The van der Waals surface area contributed by atoms with Gasteiger partial charge < -0.3 is 5.32 Å². The molecule has 0 aliphatic heterocycles. The largest absolute Gasteiger partial charge is 0.309 e. The fourth-order valence-corrected chi connectivity index (χ4v) is 2.02. The van der Waals surface area contributed by atoms with Gasteiger partial charge in [-0.2, -0.15) is 0 Å². The fraction of sp³-hybridized carbons (Fsp3) is 0.267. The van der Waals surface area contributed by atoms with Crippen molar-refractivity contribution in [3.05, 3.63) is 53.9 Å². The van der Waals surface area contributed by atoms with Gasteiger partial charge in [-0.05, 0) is 32.3 Å². The van der Waals surface area contributed by atoms with Crippen LogP contribution < -0.4 is 5.32 Å². The number of hydrogen-bond acceptors (Lipinski definition) is 2. The number of fused-ring (bicyclic) bond motifs is 1. The molecular formula is C15H18N2. The summed E-state index contributed by atoms with van der Waals surface area (Å²) >= 11 is 0. The molecule has 2 nitrogen and oxygen atoms in total. The predicted molar refractivity (Wildman–Crippen MR) is 73.0 cm³/mol. The molecule has 1 aromatic carbocycles. The van der Waals surface area contributed by atoms with Gasteiger partial charge in [0, 0.05) is 11.6 Å². The number of benzene rings is 1. The van der Waals surface area contributed by atoms with Crippen LogP contribution in [0, 0.1) is 0 Å². The molecule has 1 heterocycles. The quantitative estimate of drug-likeness (QED) is 0.811. The summed E-state index contributed by atoms with van der Waals surface area (Å²) in [6.45, 7) is 4.21. The SMILES string of the molecule is CNC(C=C(C)C)c1nccc2ccccc12. The first kappa shape index (κ1) is 11.8. The van der Waals surface area contributed by atoms with Crippen LogP contribution in [0.4, 0.5) is 0 Å². The van der Waals surface area contributed by atoms with Gasteiger partial charge in [0.2, 0.25) is 0 Å².